The SMILES string of the molecule is CNC(=O)C(C)CN(C)C(=O)[C@H]1CCCN1. The van der Waals surface area contributed by atoms with E-state index in [1.807, 2.05) is 6.92 Å². The highest BCUT2D eigenvalue weighted by Crippen LogP contribution is 2.09. The second kappa shape index (κ2) is 5.84. The zero-order valence-electron chi connectivity index (χ0n) is 10.2. The molecule has 1 saturated heterocycles. The van der Waals surface area contributed by atoms with Crippen molar-refractivity contribution in [3.63, 3.8) is 0 Å². The Hall–Kier alpha value is -1.10. The number of carbonyl (C=O) groups excluding carboxylic acids is 2. The molecule has 0 aromatic rings. The van der Waals surface area contributed by atoms with Crippen LogP contribution >= 0.6 is 0 Å². The van der Waals surface area contributed by atoms with Gasteiger partial charge in [0.2, 0.25) is 11.8 Å². The standard InChI is InChI=1S/C11H21N3O2/c1-8(10(15)12-2)7-14(3)11(16)9-5-4-6-13-9/h8-9,13H,4-7H2,1-3H3,(H,12,15)/t8?,9-/m1/s1. The van der Waals surface area contributed by atoms with Crippen molar-refractivity contribution in [2.75, 3.05) is 27.2 Å². The Kier molecular flexibility index (Phi) is 4.73. The van der Waals surface area contributed by atoms with Crippen LogP contribution < -0.4 is 10.6 Å². The topological polar surface area (TPSA) is 61.4 Å². The van der Waals surface area contributed by atoms with Gasteiger partial charge in [-0.05, 0) is 19.4 Å². The van der Waals surface area contributed by atoms with Gasteiger partial charge in [0.15, 0.2) is 0 Å². The van der Waals surface area contributed by atoms with Crippen LogP contribution in [0.3, 0.4) is 0 Å². The van der Waals surface area contributed by atoms with E-state index in [0.717, 1.165) is 19.4 Å². The Balaban J connectivity index is 2.41. The zero-order valence-corrected chi connectivity index (χ0v) is 10.2. The zero-order chi connectivity index (χ0) is 12.1. The second-order valence-electron chi connectivity index (χ2n) is 4.38. The van der Waals surface area contributed by atoms with Crippen molar-refractivity contribution in [3.05, 3.63) is 0 Å². The van der Waals surface area contributed by atoms with E-state index in [2.05, 4.69) is 10.6 Å². The number of nitrogens with zero attached hydrogens (tertiary/aromatic N) is 1. The summed E-state index contributed by atoms with van der Waals surface area (Å²) >= 11 is 0. The molecule has 1 rings (SSSR count). The Morgan fingerprint density at radius 2 is 2.25 bits per heavy atom. The average molecular weight is 227 g/mol. The van der Waals surface area contributed by atoms with Crippen molar-refractivity contribution in [2.24, 2.45) is 5.92 Å². The van der Waals surface area contributed by atoms with Crippen LogP contribution in [0, 0.1) is 5.92 Å². The van der Waals surface area contributed by atoms with Crippen LogP contribution in [0.15, 0.2) is 0 Å². The third kappa shape index (κ3) is 3.20. The van der Waals surface area contributed by atoms with Gasteiger partial charge in [0, 0.05) is 20.6 Å². The van der Waals surface area contributed by atoms with E-state index in [1.54, 1.807) is 19.0 Å². The summed E-state index contributed by atoms with van der Waals surface area (Å²) in [4.78, 5) is 24.9. The van der Waals surface area contributed by atoms with Crippen LogP contribution in [-0.2, 0) is 9.59 Å². The average Bonchev–Trinajstić information content (AvgIpc) is 2.79. The largest absolute Gasteiger partial charge is 0.359 e. The van der Waals surface area contributed by atoms with Crippen LogP contribution in [0.25, 0.3) is 0 Å². The molecule has 0 aliphatic carbocycles. The lowest BCUT2D eigenvalue weighted by Crippen LogP contribution is -2.45. The van der Waals surface area contributed by atoms with E-state index in [0.29, 0.717) is 6.54 Å². The van der Waals surface area contributed by atoms with Gasteiger partial charge < -0.3 is 15.5 Å². The van der Waals surface area contributed by atoms with Crippen molar-refractivity contribution >= 4 is 11.8 Å². The molecule has 1 aliphatic rings. The molecule has 1 heterocycles. The Labute approximate surface area is 96.6 Å². The third-order valence-corrected chi connectivity index (χ3v) is 2.98. The van der Waals surface area contributed by atoms with Crippen molar-refractivity contribution in [1.82, 2.24) is 15.5 Å². The van der Waals surface area contributed by atoms with Crippen LogP contribution in [0.5, 0.6) is 0 Å². The summed E-state index contributed by atoms with van der Waals surface area (Å²) in [5.41, 5.74) is 0. The fourth-order valence-electron chi connectivity index (χ4n) is 1.99. The lowest BCUT2D eigenvalue weighted by molar-refractivity contribution is -0.133. The summed E-state index contributed by atoms with van der Waals surface area (Å²) in [5.74, 6) is -0.104. The first kappa shape index (κ1) is 13.0. The fraction of sp³-hybridized carbons (Fsp3) is 0.818. The molecule has 92 valence electrons. The number of hydrogen-bond acceptors (Lipinski definition) is 3. The molecule has 16 heavy (non-hydrogen) atoms. The minimum atomic E-state index is -0.166. The van der Waals surface area contributed by atoms with E-state index in [1.165, 1.54) is 0 Å². The van der Waals surface area contributed by atoms with Crippen LogP contribution in [0.4, 0.5) is 0 Å². The van der Waals surface area contributed by atoms with Gasteiger partial charge in [-0.3, -0.25) is 9.59 Å². The van der Waals surface area contributed by atoms with Gasteiger partial charge in [0.1, 0.15) is 0 Å². The van der Waals surface area contributed by atoms with Gasteiger partial charge >= 0.3 is 0 Å². The highest BCUT2D eigenvalue weighted by Gasteiger charge is 2.26. The first-order valence-electron chi connectivity index (χ1n) is 5.76. The predicted octanol–water partition coefficient (Wildman–Crippen LogP) is -0.421. The van der Waals surface area contributed by atoms with Crippen molar-refractivity contribution in [2.45, 2.75) is 25.8 Å². The molecule has 1 aliphatic heterocycles. The molecule has 0 spiro atoms. The van der Waals surface area contributed by atoms with Gasteiger partial charge in [-0.2, -0.15) is 0 Å². The normalized spacial score (nSPS) is 21.6. The summed E-state index contributed by atoms with van der Waals surface area (Å²) in [7, 11) is 3.36. The Bertz CT molecular complexity index is 262. The summed E-state index contributed by atoms with van der Waals surface area (Å²) in [6.45, 7) is 3.20. The van der Waals surface area contributed by atoms with E-state index in [9.17, 15) is 9.59 Å². The molecule has 2 atom stereocenters. The molecule has 1 unspecified atom stereocenters. The van der Waals surface area contributed by atoms with Gasteiger partial charge in [-0.15, -0.1) is 0 Å². The van der Waals surface area contributed by atoms with Gasteiger partial charge in [-0.1, -0.05) is 6.92 Å². The van der Waals surface area contributed by atoms with Crippen molar-refractivity contribution < 1.29 is 9.59 Å². The van der Waals surface area contributed by atoms with E-state index in [-0.39, 0.29) is 23.8 Å². The monoisotopic (exact) mass is 227 g/mol. The molecule has 1 fully saturated rings. The van der Waals surface area contributed by atoms with Crippen LogP contribution in [0.2, 0.25) is 0 Å². The molecular formula is C11H21N3O2. The molecule has 0 saturated carbocycles. The molecular weight excluding hydrogens is 206 g/mol. The number of rotatable bonds is 4. The Morgan fingerprint density at radius 3 is 2.75 bits per heavy atom. The highest BCUT2D eigenvalue weighted by atomic mass is 16.2. The molecule has 5 nitrogen and oxygen atoms in total. The van der Waals surface area contributed by atoms with Crippen LogP contribution in [0.1, 0.15) is 19.8 Å². The second-order valence-corrected chi connectivity index (χ2v) is 4.38. The number of hydrogen-bond donors (Lipinski definition) is 2. The third-order valence-electron chi connectivity index (χ3n) is 2.98. The maximum atomic E-state index is 11.9. The maximum Gasteiger partial charge on any atom is 0.239 e. The molecule has 2 N–H and O–H groups in total. The first-order chi connectivity index (χ1) is 7.56. The molecule has 0 radical (unpaired) electrons. The van der Waals surface area contributed by atoms with Gasteiger partial charge in [0.05, 0.1) is 12.0 Å². The minimum absolute atomic E-state index is 0.0287. The van der Waals surface area contributed by atoms with E-state index < -0.39 is 0 Å². The fourth-order valence-corrected chi connectivity index (χ4v) is 1.99. The molecule has 0 bridgehead atoms. The molecule has 5 heteroatoms. The predicted molar refractivity (Wildman–Crippen MR) is 61.9 cm³/mol. The van der Waals surface area contributed by atoms with Gasteiger partial charge in [-0.25, -0.2) is 0 Å². The number of carbonyl (C=O) groups is 2. The maximum absolute atomic E-state index is 11.9. The number of amides is 2. The lowest BCUT2D eigenvalue weighted by Gasteiger charge is -2.23. The summed E-state index contributed by atoms with van der Waals surface area (Å²) in [6.07, 6.45) is 1.95. The smallest absolute Gasteiger partial charge is 0.239 e. The Morgan fingerprint density at radius 1 is 1.56 bits per heavy atom. The van der Waals surface area contributed by atoms with Crippen LogP contribution in [-0.4, -0.2) is 49.9 Å². The summed E-state index contributed by atoms with van der Waals surface area (Å²) in [5, 5.41) is 5.75. The molecule has 2 amide bonds. The number of nitrogens with one attached hydrogen (secondary N) is 2. The summed E-state index contributed by atoms with van der Waals surface area (Å²) in [6, 6.07) is -0.0538. The van der Waals surface area contributed by atoms with E-state index in [4.69, 9.17) is 0 Å². The minimum Gasteiger partial charge on any atom is -0.359 e. The van der Waals surface area contributed by atoms with E-state index >= 15 is 0 Å². The van der Waals surface area contributed by atoms with Crippen molar-refractivity contribution in [1.29, 1.82) is 0 Å². The quantitative estimate of drug-likeness (QED) is 0.685. The van der Waals surface area contributed by atoms with Crippen molar-refractivity contribution in [3.8, 4) is 0 Å². The molecule has 0 aromatic heterocycles. The lowest BCUT2D eigenvalue weighted by atomic mass is 10.1. The first-order valence-corrected chi connectivity index (χ1v) is 5.76. The number of likely N-dealkylation sites (N-methyl/N-ethyl adjacent to an activating group) is 1. The highest BCUT2D eigenvalue weighted by molar-refractivity contribution is 5.83. The van der Waals surface area contributed by atoms with Gasteiger partial charge in [0.25, 0.3) is 0 Å². The molecule has 0 aromatic carbocycles. The summed E-state index contributed by atoms with van der Waals surface area (Å²) < 4.78 is 0.